The van der Waals surface area contributed by atoms with Crippen LogP contribution in [0.2, 0.25) is 0 Å². The highest BCUT2D eigenvalue weighted by molar-refractivity contribution is 5.99. The fraction of sp³-hybridized carbons (Fsp3) is 0. The third kappa shape index (κ3) is 1.42. The van der Waals surface area contributed by atoms with E-state index < -0.39 is 5.56 Å². The van der Waals surface area contributed by atoms with Crippen LogP contribution in [0.25, 0.3) is 21.8 Å². The highest BCUT2D eigenvalue weighted by Crippen LogP contribution is 2.28. The third-order valence-corrected chi connectivity index (χ3v) is 2.64. The van der Waals surface area contributed by atoms with Crippen LogP contribution in [0, 0.1) is 0 Å². The molecule has 4 nitrogen and oxygen atoms in total. The quantitative estimate of drug-likeness (QED) is 0.633. The summed E-state index contributed by atoms with van der Waals surface area (Å²) in [5.41, 5.74) is 0.646. The number of pyridine rings is 2. The van der Waals surface area contributed by atoms with E-state index in [0.717, 1.165) is 0 Å². The molecular weight excluding hydrogens is 216 g/mol. The van der Waals surface area contributed by atoms with Gasteiger partial charge in [0, 0.05) is 11.6 Å². The molecule has 82 valence electrons. The van der Waals surface area contributed by atoms with Gasteiger partial charge in [0.2, 0.25) is 0 Å². The van der Waals surface area contributed by atoms with Gasteiger partial charge in [0.05, 0.1) is 11.0 Å². The molecule has 4 heteroatoms. The zero-order valence-corrected chi connectivity index (χ0v) is 8.79. The number of hydrogen-bond donors (Lipinski definition) is 1. The van der Waals surface area contributed by atoms with Crippen LogP contribution in [0.1, 0.15) is 0 Å². The average Bonchev–Trinajstić information content (AvgIpc) is 2.54. The Morgan fingerprint density at radius 2 is 1.82 bits per heavy atom. The molecule has 0 saturated carbocycles. The summed E-state index contributed by atoms with van der Waals surface area (Å²) in [7, 11) is 0. The van der Waals surface area contributed by atoms with Gasteiger partial charge in [-0.2, -0.15) is 0 Å². The van der Waals surface area contributed by atoms with Gasteiger partial charge in [-0.25, -0.2) is 9.97 Å². The highest BCUT2D eigenvalue weighted by Gasteiger charge is 2.09. The van der Waals surface area contributed by atoms with Gasteiger partial charge >= 0.3 is 0 Å². The molecule has 3 aromatic rings. The van der Waals surface area contributed by atoms with Crippen molar-refractivity contribution in [1.29, 1.82) is 0 Å². The molecule has 0 bridgehead atoms. The van der Waals surface area contributed by atoms with Crippen molar-refractivity contribution in [3.05, 3.63) is 52.9 Å². The van der Waals surface area contributed by atoms with Crippen LogP contribution in [-0.2, 0) is 0 Å². The van der Waals surface area contributed by atoms with Gasteiger partial charge in [0.25, 0.3) is 5.56 Å². The first kappa shape index (κ1) is 9.72. The van der Waals surface area contributed by atoms with E-state index in [4.69, 9.17) is 0 Å². The Morgan fingerprint density at radius 3 is 2.71 bits per heavy atom. The number of rotatable bonds is 0. The van der Waals surface area contributed by atoms with Crippen molar-refractivity contribution in [2.75, 3.05) is 0 Å². The van der Waals surface area contributed by atoms with Gasteiger partial charge in [0.15, 0.2) is 0 Å². The molecule has 0 saturated heterocycles. The van der Waals surface area contributed by atoms with Gasteiger partial charge in [-0.1, -0.05) is 18.2 Å². The molecule has 1 aromatic carbocycles. The SMILES string of the molecule is O=c1nccc2nc3cccccc3c(O)c12. The summed E-state index contributed by atoms with van der Waals surface area (Å²) >= 11 is 0. The Hall–Kier alpha value is -2.49. The van der Waals surface area contributed by atoms with Crippen molar-refractivity contribution < 1.29 is 5.11 Å². The van der Waals surface area contributed by atoms with Crippen molar-refractivity contribution >= 4 is 21.8 Å². The Labute approximate surface area is 96.2 Å². The number of fused-ring (bicyclic) bond motifs is 2. The molecule has 0 aliphatic heterocycles. The highest BCUT2D eigenvalue weighted by atomic mass is 16.3. The maximum absolute atomic E-state index is 11.6. The Kier molecular flexibility index (Phi) is 2.01. The second kappa shape index (κ2) is 3.52. The fourth-order valence-electron chi connectivity index (χ4n) is 1.85. The molecule has 3 rings (SSSR count). The van der Waals surface area contributed by atoms with Crippen molar-refractivity contribution in [3.8, 4) is 5.75 Å². The molecule has 2 aromatic heterocycles. The van der Waals surface area contributed by atoms with Gasteiger partial charge in [-0.05, 0) is 18.2 Å². The normalized spacial score (nSPS) is 10.8. The summed E-state index contributed by atoms with van der Waals surface area (Å²) in [6, 6.07) is 10.6. The second-order valence-electron chi connectivity index (χ2n) is 3.68. The Balaban J connectivity index is 2.67. The van der Waals surface area contributed by atoms with Crippen LogP contribution in [0.3, 0.4) is 0 Å². The summed E-state index contributed by atoms with van der Waals surface area (Å²) in [5, 5.41) is 10.8. The van der Waals surface area contributed by atoms with E-state index in [-0.39, 0.29) is 11.1 Å². The zero-order valence-electron chi connectivity index (χ0n) is 8.79. The lowest BCUT2D eigenvalue weighted by Gasteiger charge is -2.01. The minimum absolute atomic E-state index is 0.0562. The van der Waals surface area contributed by atoms with Crippen molar-refractivity contribution in [2.45, 2.75) is 0 Å². The van der Waals surface area contributed by atoms with Crippen LogP contribution in [0.5, 0.6) is 5.75 Å². The van der Waals surface area contributed by atoms with E-state index in [1.807, 2.05) is 12.1 Å². The molecule has 0 atom stereocenters. The van der Waals surface area contributed by atoms with Crippen molar-refractivity contribution in [1.82, 2.24) is 9.97 Å². The standard InChI is InChI=1S/C13H8N2O2/c16-12-8-4-2-1-3-5-9(8)15-10-6-7-14-13(17)11(10)12/h1-7,16H. The lowest BCUT2D eigenvalue weighted by atomic mass is 10.1. The molecule has 1 N–H and O–H groups in total. The smallest absolute Gasteiger partial charge is 0.282 e. The first-order valence-corrected chi connectivity index (χ1v) is 5.14. The monoisotopic (exact) mass is 224 g/mol. The van der Waals surface area contributed by atoms with E-state index >= 15 is 0 Å². The van der Waals surface area contributed by atoms with E-state index in [0.29, 0.717) is 16.4 Å². The minimum atomic E-state index is -0.457. The third-order valence-electron chi connectivity index (χ3n) is 2.64. The summed E-state index contributed by atoms with van der Waals surface area (Å²) in [5.74, 6) is -0.0562. The molecular formula is C13H8N2O2. The van der Waals surface area contributed by atoms with Crippen LogP contribution < -0.4 is 5.56 Å². The first-order chi connectivity index (χ1) is 8.27. The molecule has 0 fully saturated rings. The molecule has 0 amide bonds. The van der Waals surface area contributed by atoms with Crippen LogP contribution in [0.4, 0.5) is 0 Å². The summed E-state index contributed by atoms with van der Waals surface area (Å²) < 4.78 is 0. The molecule has 0 radical (unpaired) electrons. The first-order valence-electron chi connectivity index (χ1n) is 5.14. The number of aromatic nitrogens is 2. The lowest BCUT2D eigenvalue weighted by Crippen LogP contribution is -2.05. The van der Waals surface area contributed by atoms with Gasteiger partial charge < -0.3 is 5.11 Å². The number of aromatic hydroxyl groups is 1. The molecule has 0 spiro atoms. The van der Waals surface area contributed by atoms with Crippen molar-refractivity contribution in [2.24, 2.45) is 0 Å². The average molecular weight is 224 g/mol. The molecule has 0 aliphatic carbocycles. The Bertz CT molecular complexity index is 784. The maximum Gasteiger partial charge on any atom is 0.282 e. The van der Waals surface area contributed by atoms with E-state index in [9.17, 15) is 9.90 Å². The maximum atomic E-state index is 11.6. The number of nitrogens with zero attached hydrogens (tertiary/aromatic N) is 2. The predicted molar refractivity (Wildman–Crippen MR) is 65.0 cm³/mol. The molecule has 0 unspecified atom stereocenters. The molecule has 17 heavy (non-hydrogen) atoms. The van der Waals surface area contributed by atoms with Crippen LogP contribution in [0.15, 0.2) is 47.4 Å². The molecule has 2 heterocycles. The predicted octanol–water partition coefficient (Wildman–Crippen LogP) is 1.85. The van der Waals surface area contributed by atoms with Gasteiger partial charge in [-0.15, -0.1) is 0 Å². The van der Waals surface area contributed by atoms with E-state index in [1.165, 1.54) is 6.20 Å². The van der Waals surface area contributed by atoms with E-state index in [1.54, 1.807) is 24.3 Å². The second-order valence-corrected chi connectivity index (χ2v) is 3.68. The van der Waals surface area contributed by atoms with Crippen molar-refractivity contribution in [3.63, 3.8) is 0 Å². The van der Waals surface area contributed by atoms with Gasteiger partial charge in [-0.3, -0.25) is 4.79 Å². The Morgan fingerprint density at radius 1 is 1.00 bits per heavy atom. The largest absolute Gasteiger partial charge is 0.506 e. The summed E-state index contributed by atoms with van der Waals surface area (Å²) in [6.45, 7) is 0. The summed E-state index contributed by atoms with van der Waals surface area (Å²) in [4.78, 5) is 19.6. The lowest BCUT2D eigenvalue weighted by molar-refractivity contribution is 0.487. The van der Waals surface area contributed by atoms with Crippen LogP contribution in [-0.4, -0.2) is 15.1 Å². The van der Waals surface area contributed by atoms with E-state index in [2.05, 4.69) is 9.97 Å². The minimum Gasteiger partial charge on any atom is -0.506 e. The van der Waals surface area contributed by atoms with Crippen LogP contribution >= 0.6 is 0 Å². The summed E-state index contributed by atoms with van der Waals surface area (Å²) in [6.07, 6.45) is 1.39. The van der Waals surface area contributed by atoms with Gasteiger partial charge in [0.1, 0.15) is 11.1 Å². The fourth-order valence-corrected chi connectivity index (χ4v) is 1.85. The topological polar surface area (TPSA) is 63.1 Å². The number of hydrogen-bond acceptors (Lipinski definition) is 4. The zero-order chi connectivity index (χ0) is 11.8. The molecule has 0 aliphatic rings.